The quantitative estimate of drug-likeness (QED) is 0.696. The highest BCUT2D eigenvalue weighted by Crippen LogP contribution is 2.41. The molecule has 0 spiro atoms. The van der Waals surface area contributed by atoms with Gasteiger partial charge in [-0.25, -0.2) is 0 Å². The maximum absolute atomic E-state index is 11.9. The molecule has 0 aromatic heterocycles. The molecule has 1 aromatic rings. The van der Waals surface area contributed by atoms with E-state index in [4.69, 9.17) is 10.6 Å². The van der Waals surface area contributed by atoms with E-state index in [1.54, 1.807) is 0 Å². The Kier molecular flexibility index (Phi) is 3.00. The third-order valence-electron chi connectivity index (χ3n) is 3.49. The summed E-state index contributed by atoms with van der Waals surface area (Å²) in [6.07, 6.45) is -0.896. The normalized spacial score (nSPS) is 29.3. The molecule has 7 nitrogen and oxygen atoms in total. The molecule has 2 aliphatic rings. The number of nitrogens with zero attached hydrogens (tertiary/aromatic N) is 1. The first-order chi connectivity index (χ1) is 9.58. The number of carbonyl (C=O) groups is 3. The van der Waals surface area contributed by atoms with E-state index in [0.29, 0.717) is 0 Å². The molecule has 2 aliphatic heterocycles. The molecule has 3 unspecified atom stereocenters. The molecule has 0 aliphatic carbocycles. The monoisotopic (exact) mass is 275 g/mol. The van der Waals surface area contributed by atoms with Crippen LogP contribution in [0.3, 0.4) is 0 Å². The number of primary amides is 1. The Morgan fingerprint density at radius 2 is 1.95 bits per heavy atom. The zero-order chi connectivity index (χ0) is 14.3. The van der Waals surface area contributed by atoms with Gasteiger partial charge in [-0.3, -0.25) is 24.5 Å². The average Bonchev–Trinajstić information content (AvgIpc) is 2.89. The summed E-state index contributed by atoms with van der Waals surface area (Å²) in [5, 5.41) is 3.57. The van der Waals surface area contributed by atoms with Crippen molar-refractivity contribution in [3.05, 3.63) is 35.9 Å². The number of nitrogens with one attached hydrogen (secondary N) is 1. The lowest BCUT2D eigenvalue weighted by Gasteiger charge is -2.23. The lowest BCUT2D eigenvalue weighted by molar-refractivity contribution is -0.176. The van der Waals surface area contributed by atoms with Crippen molar-refractivity contribution in [3.8, 4) is 0 Å². The van der Waals surface area contributed by atoms with Crippen molar-refractivity contribution in [2.45, 2.75) is 12.1 Å². The van der Waals surface area contributed by atoms with Crippen LogP contribution in [0.15, 0.2) is 30.3 Å². The molecule has 2 fully saturated rings. The molecule has 104 valence electrons. The van der Waals surface area contributed by atoms with Gasteiger partial charge in [-0.2, -0.15) is 5.06 Å². The van der Waals surface area contributed by atoms with Crippen LogP contribution < -0.4 is 11.1 Å². The summed E-state index contributed by atoms with van der Waals surface area (Å²) in [4.78, 5) is 40.2. The van der Waals surface area contributed by atoms with E-state index >= 15 is 0 Å². The number of amides is 3. The summed E-state index contributed by atoms with van der Waals surface area (Å²) in [7, 11) is 0. The Bertz CT molecular complexity index is 574. The zero-order valence-corrected chi connectivity index (χ0v) is 10.5. The van der Waals surface area contributed by atoms with Crippen LogP contribution in [0.2, 0.25) is 0 Å². The van der Waals surface area contributed by atoms with Crippen molar-refractivity contribution >= 4 is 17.7 Å². The fourth-order valence-corrected chi connectivity index (χ4v) is 2.70. The lowest BCUT2D eigenvalue weighted by Crippen LogP contribution is -2.37. The summed E-state index contributed by atoms with van der Waals surface area (Å²) in [6, 6.07) is 8.62. The Morgan fingerprint density at radius 1 is 1.25 bits per heavy atom. The number of hydrogen-bond donors (Lipinski definition) is 2. The van der Waals surface area contributed by atoms with Gasteiger partial charge in [0, 0.05) is 0 Å². The number of benzene rings is 1. The van der Waals surface area contributed by atoms with Gasteiger partial charge in [0.2, 0.25) is 11.8 Å². The van der Waals surface area contributed by atoms with Crippen molar-refractivity contribution in [1.82, 2.24) is 10.4 Å². The molecule has 20 heavy (non-hydrogen) atoms. The molecular weight excluding hydrogens is 262 g/mol. The second-order valence-electron chi connectivity index (χ2n) is 4.80. The van der Waals surface area contributed by atoms with Gasteiger partial charge in [-0.1, -0.05) is 30.3 Å². The number of hydrogen-bond acceptors (Lipinski definition) is 5. The molecule has 0 bridgehead atoms. The first-order valence-electron chi connectivity index (χ1n) is 6.19. The molecule has 0 saturated carbocycles. The summed E-state index contributed by atoms with van der Waals surface area (Å²) < 4.78 is 0. The Hall–Kier alpha value is -2.25. The number of hydroxylamine groups is 2. The predicted octanol–water partition coefficient (Wildman–Crippen LogP) is -0.899. The highest BCUT2D eigenvalue weighted by atomic mass is 16.7. The number of nitrogens with two attached hydrogens (primary N) is 1. The minimum atomic E-state index is -0.896. The lowest BCUT2D eigenvalue weighted by atomic mass is 9.91. The van der Waals surface area contributed by atoms with E-state index in [9.17, 15) is 14.4 Å². The summed E-state index contributed by atoms with van der Waals surface area (Å²) in [5.41, 5.74) is 5.98. The standard InChI is InChI=1S/C13H13N3O4/c14-8(17)6-16-10(7-4-2-1-3-5-7)9-11(20-16)13(19)15-12(9)18/h1-5,9-11H,6H2,(H2,14,17)(H,15,18,19). The fourth-order valence-electron chi connectivity index (χ4n) is 2.70. The van der Waals surface area contributed by atoms with Gasteiger partial charge in [0.15, 0.2) is 6.10 Å². The highest BCUT2D eigenvalue weighted by molar-refractivity contribution is 6.07. The summed E-state index contributed by atoms with van der Waals surface area (Å²) in [5.74, 6) is -2.11. The first-order valence-corrected chi connectivity index (χ1v) is 6.19. The van der Waals surface area contributed by atoms with Crippen LogP contribution in [0.1, 0.15) is 11.6 Å². The Morgan fingerprint density at radius 3 is 2.60 bits per heavy atom. The second-order valence-corrected chi connectivity index (χ2v) is 4.80. The van der Waals surface area contributed by atoms with Crippen LogP contribution in [-0.2, 0) is 19.2 Å². The molecule has 3 atom stereocenters. The van der Waals surface area contributed by atoms with Crippen LogP contribution in [0.25, 0.3) is 0 Å². The van der Waals surface area contributed by atoms with Gasteiger partial charge in [0.05, 0.1) is 12.0 Å². The molecule has 1 aromatic carbocycles. The van der Waals surface area contributed by atoms with E-state index in [1.807, 2.05) is 30.3 Å². The largest absolute Gasteiger partial charge is 0.368 e. The third kappa shape index (κ3) is 1.97. The van der Waals surface area contributed by atoms with E-state index < -0.39 is 29.9 Å². The number of imide groups is 1. The summed E-state index contributed by atoms with van der Waals surface area (Å²) >= 11 is 0. The van der Waals surface area contributed by atoms with Crippen molar-refractivity contribution < 1.29 is 19.2 Å². The zero-order valence-electron chi connectivity index (χ0n) is 10.5. The summed E-state index contributed by atoms with van der Waals surface area (Å²) in [6.45, 7) is -0.173. The molecule has 3 amide bonds. The van der Waals surface area contributed by atoms with Crippen molar-refractivity contribution in [1.29, 1.82) is 0 Å². The van der Waals surface area contributed by atoms with Gasteiger partial charge in [0.1, 0.15) is 6.54 Å². The molecule has 2 heterocycles. The van der Waals surface area contributed by atoms with Crippen molar-refractivity contribution in [3.63, 3.8) is 0 Å². The molecule has 7 heteroatoms. The van der Waals surface area contributed by atoms with E-state index in [1.165, 1.54) is 5.06 Å². The van der Waals surface area contributed by atoms with E-state index in [0.717, 1.165) is 5.56 Å². The van der Waals surface area contributed by atoms with Crippen molar-refractivity contribution in [2.75, 3.05) is 6.54 Å². The molecule has 0 radical (unpaired) electrons. The maximum Gasteiger partial charge on any atom is 0.258 e. The number of rotatable bonds is 3. The van der Waals surface area contributed by atoms with Gasteiger partial charge in [0.25, 0.3) is 5.91 Å². The van der Waals surface area contributed by atoms with Crippen LogP contribution >= 0.6 is 0 Å². The molecule has 3 N–H and O–H groups in total. The Labute approximate surface area is 114 Å². The average molecular weight is 275 g/mol. The van der Waals surface area contributed by atoms with Crippen LogP contribution in [-0.4, -0.2) is 35.4 Å². The van der Waals surface area contributed by atoms with Crippen LogP contribution in [0.5, 0.6) is 0 Å². The van der Waals surface area contributed by atoms with Crippen molar-refractivity contribution in [2.24, 2.45) is 11.7 Å². The van der Waals surface area contributed by atoms with E-state index in [-0.39, 0.29) is 12.5 Å². The van der Waals surface area contributed by atoms with Crippen LogP contribution in [0.4, 0.5) is 0 Å². The Balaban J connectivity index is 1.98. The predicted molar refractivity (Wildman–Crippen MR) is 66.6 cm³/mol. The second kappa shape index (κ2) is 4.69. The molecule has 2 saturated heterocycles. The van der Waals surface area contributed by atoms with Gasteiger partial charge in [-0.15, -0.1) is 0 Å². The SMILES string of the molecule is NC(=O)CN1OC2C(=O)NC(=O)C2C1c1ccccc1. The van der Waals surface area contributed by atoms with Crippen LogP contribution in [0, 0.1) is 5.92 Å². The molecular formula is C13H13N3O4. The van der Waals surface area contributed by atoms with Gasteiger partial charge in [-0.05, 0) is 5.56 Å². The highest BCUT2D eigenvalue weighted by Gasteiger charge is 2.56. The minimum absolute atomic E-state index is 0.173. The smallest absolute Gasteiger partial charge is 0.258 e. The third-order valence-corrected chi connectivity index (χ3v) is 3.49. The van der Waals surface area contributed by atoms with Gasteiger partial charge >= 0.3 is 0 Å². The minimum Gasteiger partial charge on any atom is -0.368 e. The first kappa shape index (κ1) is 12.8. The topological polar surface area (TPSA) is 102 Å². The number of fused-ring (bicyclic) bond motifs is 1. The number of carbonyl (C=O) groups excluding carboxylic acids is 3. The van der Waals surface area contributed by atoms with Gasteiger partial charge < -0.3 is 5.73 Å². The van der Waals surface area contributed by atoms with E-state index in [2.05, 4.69) is 5.32 Å². The maximum atomic E-state index is 11.9. The molecule has 3 rings (SSSR count). The fraction of sp³-hybridized carbons (Fsp3) is 0.308.